The molecule has 11 heavy (non-hydrogen) atoms. The molecule has 0 aliphatic rings. The summed E-state index contributed by atoms with van der Waals surface area (Å²) in [6, 6.07) is 0. The van der Waals surface area contributed by atoms with E-state index in [1.807, 2.05) is 0 Å². The second kappa shape index (κ2) is 5.72. The molecule has 0 saturated heterocycles. The van der Waals surface area contributed by atoms with Gasteiger partial charge < -0.3 is 0 Å². The van der Waals surface area contributed by atoms with Gasteiger partial charge in [0.1, 0.15) is 0 Å². The van der Waals surface area contributed by atoms with E-state index in [2.05, 4.69) is 9.37 Å². The van der Waals surface area contributed by atoms with Gasteiger partial charge in [-0.05, 0) is 6.42 Å². The Labute approximate surface area is 67.8 Å². The molecule has 0 atom stereocenters. The summed E-state index contributed by atoms with van der Waals surface area (Å²) in [5.41, 5.74) is 0. The highest BCUT2D eigenvalue weighted by molar-refractivity contribution is 7.94. The van der Waals surface area contributed by atoms with Crippen molar-refractivity contribution in [1.29, 1.82) is 0 Å². The van der Waals surface area contributed by atoms with Gasteiger partial charge in [-0.1, -0.05) is 5.04 Å². The normalized spacial score (nSPS) is 11.8. The first kappa shape index (κ1) is 11.1. The molecule has 0 rings (SSSR count). The molecule has 0 aliphatic heterocycles. The number of halogens is 1. The Balaban J connectivity index is 3.16. The molecule has 5 nitrogen and oxygen atoms in total. The van der Waals surface area contributed by atoms with Gasteiger partial charge in [-0.15, -0.1) is 8.22 Å². The van der Waals surface area contributed by atoms with Crippen molar-refractivity contribution in [2.75, 3.05) is 11.5 Å². The lowest BCUT2D eigenvalue weighted by Gasteiger charge is -1.94. The minimum Gasteiger partial charge on any atom is -0.220 e. The summed E-state index contributed by atoms with van der Waals surface area (Å²) in [6.45, 7) is 0. The minimum absolute atomic E-state index is 0.104. The molecule has 0 aromatic rings. The molecule has 0 unspecified atom stereocenters. The molecule has 0 amide bonds. The molecule has 0 saturated carbocycles. The molecule has 0 fully saturated rings. The molecule has 1 N–H and O–H groups in total. The van der Waals surface area contributed by atoms with E-state index < -0.39 is 16.0 Å². The molecule has 0 aromatic heterocycles. The van der Waals surface area contributed by atoms with Gasteiger partial charge in [0.05, 0.1) is 5.75 Å². The molecule has 0 aromatic carbocycles. The van der Waals surface area contributed by atoms with E-state index in [1.165, 1.54) is 0 Å². The predicted molar refractivity (Wildman–Crippen MR) is 36.8 cm³/mol. The topological polar surface area (TPSA) is 72.8 Å². The van der Waals surface area contributed by atoms with Crippen LogP contribution in [0.1, 0.15) is 6.42 Å². The Hall–Kier alpha value is 0.110. The van der Waals surface area contributed by atoms with Crippen molar-refractivity contribution in [3.8, 4) is 0 Å². The number of hydrogen-bond donors (Lipinski definition) is 1. The molecule has 0 spiro atoms. The maximum absolute atomic E-state index is 11.7. The van der Waals surface area contributed by atoms with Crippen molar-refractivity contribution >= 4 is 22.3 Å². The van der Waals surface area contributed by atoms with Gasteiger partial charge in [0.25, 0.3) is 0 Å². The Bertz CT molecular complexity index is 178. The Morgan fingerprint density at radius 3 is 2.64 bits per heavy atom. The van der Waals surface area contributed by atoms with Gasteiger partial charge in [-0.25, -0.2) is 5.26 Å². The van der Waals surface area contributed by atoms with Gasteiger partial charge in [0.2, 0.25) is 0 Å². The Kier molecular flexibility index (Phi) is 5.78. The standard InChI is InChI=1S/C3H7FO5S2/c4-11(6,7)3-1-2-10-9-8-5/h5H,1-3H2. The lowest BCUT2D eigenvalue weighted by molar-refractivity contribution is -0.432. The van der Waals surface area contributed by atoms with Crippen LogP contribution in [-0.2, 0) is 19.6 Å². The van der Waals surface area contributed by atoms with Crippen molar-refractivity contribution in [1.82, 2.24) is 0 Å². The van der Waals surface area contributed by atoms with E-state index >= 15 is 0 Å². The lowest BCUT2D eigenvalue weighted by Crippen LogP contribution is -1.99. The van der Waals surface area contributed by atoms with Gasteiger partial charge >= 0.3 is 10.2 Å². The zero-order chi connectivity index (χ0) is 8.74. The summed E-state index contributed by atoms with van der Waals surface area (Å²) in [5, 5.41) is 10.8. The maximum Gasteiger partial charge on any atom is 0.302 e. The molecule has 68 valence electrons. The van der Waals surface area contributed by atoms with Gasteiger partial charge in [-0.2, -0.15) is 8.42 Å². The second-order valence-corrected chi connectivity index (χ2v) is 3.83. The Morgan fingerprint density at radius 1 is 1.55 bits per heavy atom. The Morgan fingerprint density at radius 2 is 2.18 bits per heavy atom. The highest BCUT2D eigenvalue weighted by Crippen LogP contribution is 2.05. The molecule has 0 aliphatic carbocycles. The largest absolute Gasteiger partial charge is 0.302 e. The number of hydrogen-bond acceptors (Lipinski definition) is 6. The van der Waals surface area contributed by atoms with Gasteiger partial charge in [0.15, 0.2) is 0 Å². The maximum atomic E-state index is 11.7. The fourth-order valence-electron chi connectivity index (χ4n) is 0.346. The first-order chi connectivity index (χ1) is 5.06. The third kappa shape index (κ3) is 10.1. The van der Waals surface area contributed by atoms with Crippen LogP contribution in [0.2, 0.25) is 0 Å². The summed E-state index contributed by atoms with van der Waals surface area (Å²) < 4.78 is 35.4. The third-order valence-electron chi connectivity index (χ3n) is 0.694. The zero-order valence-electron chi connectivity index (χ0n) is 5.40. The van der Waals surface area contributed by atoms with Crippen LogP contribution in [-0.4, -0.2) is 25.2 Å². The highest BCUT2D eigenvalue weighted by Gasteiger charge is 2.05. The third-order valence-corrected chi connectivity index (χ3v) is 2.08. The van der Waals surface area contributed by atoms with Crippen molar-refractivity contribution in [3.63, 3.8) is 0 Å². The van der Waals surface area contributed by atoms with E-state index in [-0.39, 0.29) is 12.2 Å². The smallest absolute Gasteiger partial charge is 0.220 e. The number of rotatable bonds is 6. The average molecular weight is 206 g/mol. The SMILES string of the molecule is O=S(=O)(F)CCCSOOO. The average Bonchev–Trinajstić information content (AvgIpc) is 1.85. The van der Waals surface area contributed by atoms with Gasteiger partial charge in [-0.3, -0.25) is 0 Å². The van der Waals surface area contributed by atoms with E-state index in [1.54, 1.807) is 0 Å². The van der Waals surface area contributed by atoms with Crippen molar-refractivity contribution in [2.24, 2.45) is 0 Å². The zero-order valence-corrected chi connectivity index (χ0v) is 7.03. The molecular weight excluding hydrogens is 199 g/mol. The predicted octanol–water partition coefficient (Wildman–Crippen LogP) is 0.745. The molecular formula is C3H7FO5S2. The monoisotopic (exact) mass is 206 g/mol. The van der Waals surface area contributed by atoms with E-state index in [9.17, 15) is 12.3 Å². The van der Waals surface area contributed by atoms with Crippen LogP contribution in [0.5, 0.6) is 0 Å². The first-order valence-electron chi connectivity index (χ1n) is 2.58. The van der Waals surface area contributed by atoms with Crippen LogP contribution < -0.4 is 0 Å². The first-order valence-corrected chi connectivity index (χ1v) is 5.04. The van der Waals surface area contributed by atoms with Crippen molar-refractivity contribution in [2.45, 2.75) is 6.42 Å². The van der Waals surface area contributed by atoms with E-state index in [4.69, 9.17) is 5.26 Å². The molecule has 0 bridgehead atoms. The van der Waals surface area contributed by atoms with E-state index in [0.717, 1.165) is 0 Å². The van der Waals surface area contributed by atoms with Crippen LogP contribution in [0, 0.1) is 0 Å². The summed E-state index contributed by atoms with van der Waals surface area (Å²) in [5.74, 6) is -0.321. The van der Waals surface area contributed by atoms with Crippen LogP contribution in [0.3, 0.4) is 0 Å². The molecule has 0 radical (unpaired) electrons. The minimum atomic E-state index is -4.38. The second-order valence-electron chi connectivity index (χ2n) is 1.56. The van der Waals surface area contributed by atoms with Crippen LogP contribution in [0.15, 0.2) is 0 Å². The van der Waals surface area contributed by atoms with Crippen molar-refractivity contribution in [3.05, 3.63) is 0 Å². The fraction of sp³-hybridized carbons (Fsp3) is 1.00. The van der Waals surface area contributed by atoms with Crippen LogP contribution in [0.25, 0.3) is 0 Å². The summed E-state index contributed by atoms with van der Waals surface area (Å²) in [4.78, 5) is 0. The highest BCUT2D eigenvalue weighted by atomic mass is 32.3. The van der Waals surface area contributed by atoms with Crippen LogP contribution >= 0.6 is 12.0 Å². The lowest BCUT2D eigenvalue weighted by atomic mass is 10.6. The van der Waals surface area contributed by atoms with Gasteiger partial charge in [0, 0.05) is 17.8 Å². The van der Waals surface area contributed by atoms with Crippen LogP contribution in [0.4, 0.5) is 3.89 Å². The quantitative estimate of drug-likeness (QED) is 0.227. The summed E-state index contributed by atoms with van der Waals surface area (Å²) >= 11 is 0.691. The fourth-order valence-corrected chi connectivity index (χ4v) is 1.39. The molecule has 8 heteroatoms. The van der Waals surface area contributed by atoms with Crippen molar-refractivity contribution < 1.29 is 26.9 Å². The van der Waals surface area contributed by atoms with E-state index in [0.29, 0.717) is 12.0 Å². The summed E-state index contributed by atoms with van der Waals surface area (Å²) in [7, 11) is -4.38. The molecule has 0 heterocycles. The summed E-state index contributed by atoms with van der Waals surface area (Å²) in [6.07, 6.45) is 0.104.